The van der Waals surface area contributed by atoms with Gasteiger partial charge in [0.05, 0.1) is 14.3 Å². The summed E-state index contributed by atoms with van der Waals surface area (Å²) in [7, 11) is 0. The predicted octanol–water partition coefficient (Wildman–Crippen LogP) is 4.74. The summed E-state index contributed by atoms with van der Waals surface area (Å²) >= 11 is 8.52. The molecular formula is C15H18ClIN4. The lowest BCUT2D eigenvalue weighted by molar-refractivity contribution is 0.806. The Morgan fingerprint density at radius 2 is 2.10 bits per heavy atom. The molecule has 0 atom stereocenters. The van der Waals surface area contributed by atoms with Gasteiger partial charge in [0.1, 0.15) is 11.5 Å². The summed E-state index contributed by atoms with van der Waals surface area (Å²) in [6.07, 6.45) is 2.74. The topological polar surface area (TPSA) is 50.7 Å². The molecule has 0 unspecified atom stereocenters. The third kappa shape index (κ3) is 3.83. The highest BCUT2D eigenvalue weighted by molar-refractivity contribution is 14.1. The number of rotatable bonds is 5. The van der Waals surface area contributed by atoms with Crippen LogP contribution >= 0.6 is 34.2 Å². The van der Waals surface area contributed by atoms with Crippen LogP contribution in [0.1, 0.15) is 38.8 Å². The maximum atomic E-state index is 6.22. The minimum absolute atomic E-state index is 0.309. The smallest absolute Gasteiger partial charge is 0.182 e. The van der Waals surface area contributed by atoms with Crippen LogP contribution in [0.15, 0.2) is 18.3 Å². The minimum Gasteiger partial charge on any atom is -0.369 e. The third-order valence-electron chi connectivity index (χ3n) is 2.94. The van der Waals surface area contributed by atoms with Crippen LogP contribution in [-0.2, 0) is 0 Å². The Morgan fingerprint density at radius 1 is 1.33 bits per heavy atom. The van der Waals surface area contributed by atoms with E-state index < -0.39 is 0 Å². The van der Waals surface area contributed by atoms with E-state index >= 15 is 0 Å². The first-order valence-electron chi connectivity index (χ1n) is 6.96. The fourth-order valence-electron chi connectivity index (χ4n) is 1.86. The number of hydrogen-bond acceptors (Lipinski definition) is 4. The first-order chi connectivity index (χ1) is 10.0. The molecule has 0 aliphatic rings. The predicted molar refractivity (Wildman–Crippen MR) is 95.9 cm³/mol. The molecular weight excluding hydrogens is 399 g/mol. The Labute approximate surface area is 143 Å². The summed E-state index contributed by atoms with van der Waals surface area (Å²) in [6, 6.07) is 3.61. The van der Waals surface area contributed by atoms with Crippen molar-refractivity contribution < 1.29 is 0 Å². The molecule has 2 rings (SSSR count). The second-order valence-electron chi connectivity index (χ2n) is 5.01. The van der Waals surface area contributed by atoms with Crippen LogP contribution in [0.4, 0.5) is 5.82 Å². The third-order valence-corrected chi connectivity index (χ3v) is 4.30. The van der Waals surface area contributed by atoms with Crippen LogP contribution in [-0.4, -0.2) is 21.5 Å². The van der Waals surface area contributed by atoms with Gasteiger partial charge >= 0.3 is 0 Å². The first kappa shape index (κ1) is 16.4. The molecule has 0 radical (unpaired) electrons. The molecule has 0 fully saturated rings. The molecule has 0 amide bonds. The van der Waals surface area contributed by atoms with Gasteiger partial charge in [0.2, 0.25) is 0 Å². The van der Waals surface area contributed by atoms with Crippen LogP contribution in [0, 0.1) is 3.57 Å². The maximum absolute atomic E-state index is 6.22. The van der Waals surface area contributed by atoms with E-state index in [4.69, 9.17) is 11.6 Å². The standard InChI is InChI=1S/C15H18ClIN4/c1-4-7-19-14-11(17)12(9(2)3)20-15(21-14)13-10(16)6-5-8-18-13/h5-6,8-9H,4,7H2,1-3H3,(H,19,20,21). The molecule has 112 valence electrons. The van der Waals surface area contributed by atoms with E-state index in [-0.39, 0.29) is 0 Å². The zero-order chi connectivity index (χ0) is 15.4. The SMILES string of the molecule is CCCNc1nc(-c2ncccc2Cl)nc(C(C)C)c1I. The lowest BCUT2D eigenvalue weighted by Crippen LogP contribution is -2.10. The molecule has 2 heterocycles. The van der Waals surface area contributed by atoms with E-state index in [1.807, 2.05) is 0 Å². The van der Waals surface area contributed by atoms with Gasteiger partial charge in [0.15, 0.2) is 5.82 Å². The van der Waals surface area contributed by atoms with Crippen molar-refractivity contribution in [2.75, 3.05) is 11.9 Å². The van der Waals surface area contributed by atoms with Crippen molar-refractivity contribution in [3.05, 3.63) is 32.6 Å². The molecule has 0 aromatic carbocycles. The van der Waals surface area contributed by atoms with Crippen molar-refractivity contribution >= 4 is 40.0 Å². The van der Waals surface area contributed by atoms with Crippen LogP contribution in [0.25, 0.3) is 11.5 Å². The number of halogens is 2. The Hall–Kier alpha value is -0.950. The number of anilines is 1. The van der Waals surface area contributed by atoms with Gasteiger partial charge in [-0.05, 0) is 47.1 Å². The average Bonchev–Trinajstić information content (AvgIpc) is 2.46. The van der Waals surface area contributed by atoms with E-state index in [9.17, 15) is 0 Å². The highest BCUT2D eigenvalue weighted by Crippen LogP contribution is 2.30. The number of pyridine rings is 1. The summed E-state index contributed by atoms with van der Waals surface area (Å²) in [6.45, 7) is 7.25. The monoisotopic (exact) mass is 416 g/mol. The van der Waals surface area contributed by atoms with Crippen LogP contribution in [0.2, 0.25) is 5.02 Å². The van der Waals surface area contributed by atoms with E-state index in [1.54, 1.807) is 18.3 Å². The second-order valence-corrected chi connectivity index (χ2v) is 6.50. The summed E-state index contributed by atoms with van der Waals surface area (Å²) in [4.78, 5) is 13.6. The Balaban J connectivity index is 2.56. The highest BCUT2D eigenvalue weighted by atomic mass is 127. The lowest BCUT2D eigenvalue weighted by atomic mass is 10.1. The maximum Gasteiger partial charge on any atom is 0.182 e. The lowest BCUT2D eigenvalue weighted by Gasteiger charge is -2.14. The molecule has 2 aromatic heterocycles. The number of hydrogen-bond donors (Lipinski definition) is 1. The van der Waals surface area contributed by atoms with Gasteiger partial charge in [-0.25, -0.2) is 9.97 Å². The van der Waals surface area contributed by atoms with Gasteiger partial charge in [-0.2, -0.15) is 0 Å². The molecule has 0 spiro atoms. The molecule has 0 aliphatic heterocycles. The second kappa shape index (κ2) is 7.35. The fraction of sp³-hybridized carbons (Fsp3) is 0.400. The van der Waals surface area contributed by atoms with E-state index in [0.717, 1.165) is 28.0 Å². The number of nitrogens with one attached hydrogen (secondary N) is 1. The van der Waals surface area contributed by atoms with Gasteiger partial charge in [0.25, 0.3) is 0 Å². The largest absolute Gasteiger partial charge is 0.369 e. The molecule has 6 heteroatoms. The van der Waals surface area contributed by atoms with Crippen molar-refractivity contribution in [1.29, 1.82) is 0 Å². The van der Waals surface area contributed by atoms with E-state index in [2.05, 4.69) is 63.6 Å². The first-order valence-corrected chi connectivity index (χ1v) is 8.42. The quantitative estimate of drug-likeness (QED) is 0.715. The van der Waals surface area contributed by atoms with Gasteiger partial charge in [-0.1, -0.05) is 32.4 Å². The van der Waals surface area contributed by atoms with Crippen LogP contribution in [0.5, 0.6) is 0 Å². The summed E-state index contributed by atoms with van der Waals surface area (Å²) in [5, 5.41) is 3.92. The van der Waals surface area contributed by atoms with Gasteiger partial charge < -0.3 is 5.32 Å². The fourth-order valence-corrected chi connectivity index (χ4v) is 3.12. The van der Waals surface area contributed by atoms with Gasteiger partial charge in [-0.15, -0.1) is 0 Å². The van der Waals surface area contributed by atoms with Gasteiger partial charge in [-0.3, -0.25) is 4.98 Å². The molecule has 0 bridgehead atoms. The number of nitrogens with zero attached hydrogens (tertiary/aromatic N) is 3. The van der Waals surface area contributed by atoms with Crippen LogP contribution < -0.4 is 5.32 Å². The van der Waals surface area contributed by atoms with Crippen molar-refractivity contribution in [2.45, 2.75) is 33.1 Å². The zero-order valence-electron chi connectivity index (χ0n) is 12.3. The molecule has 2 aromatic rings. The van der Waals surface area contributed by atoms with Gasteiger partial charge in [0, 0.05) is 12.7 Å². The van der Waals surface area contributed by atoms with Crippen molar-refractivity contribution in [3.8, 4) is 11.5 Å². The van der Waals surface area contributed by atoms with Crippen molar-refractivity contribution in [2.24, 2.45) is 0 Å². The summed E-state index contributed by atoms with van der Waals surface area (Å²) in [5.41, 5.74) is 1.64. The summed E-state index contributed by atoms with van der Waals surface area (Å²) in [5.74, 6) is 1.74. The minimum atomic E-state index is 0.309. The molecule has 0 aliphatic carbocycles. The Kier molecular flexibility index (Phi) is 5.75. The molecule has 21 heavy (non-hydrogen) atoms. The summed E-state index contributed by atoms with van der Waals surface area (Å²) < 4.78 is 1.06. The number of aromatic nitrogens is 3. The normalized spacial score (nSPS) is 11.0. The molecule has 0 saturated carbocycles. The van der Waals surface area contributed by atoms with Crippen molar-refractivity contribution in [1.82, 2.24) is 15.0 Å². The zero-order valence-corrected chi connectivity index (χ0v) is 15.2. The van der Waals surface area contributed by atoms with Crippen molar-refractivity contribution in [3.63, 3.8) is 0 Å². The molecule has 0 saturated heterocycles. The molecule has 1 N–H and O–H groups in total. The molecule has 4 nitrogen and oxygen atoms in total. The Morgan fingerprint density at radius 3 is 2.71 bits per heavy atom. The van der Waals surface area contributed by atoms with E-state index in [1.165, 1.54) is 0 Å². The Bertz CT molecular complexity index is 631. The van der Waals surface area contributed by atoms with E-state index in [0.29, 0.717) is 22.5 Å². The highest BCUT2D eigenvalue weighted by Gasteiger charge is 2.17. The average molecular weight is 417 g/mol. The van der Waals surface area contributed by atoms with Crippen LogP contribution in [0.3, 0.4) is 0 Å².